The van der Waals surface area contributed by atoms with Crippen LogP contribution in [0.15, 0.2) is 41.7 Å². The van der Waals surface area contributed by atoms with Crippen molar-refractivity contribution in [2.45, 2.75) is 24.1 Å². The molecule has 0 amide bonds. The number of halogens is 1. The fourth-order valence-electron chi connectivity index (χ4n) is 1.51. The van der Waals surface area contributed by atoms with Gasteiger partial charge in [-0.15, -0.1) is 11.8 Å². The second kappa shape index (κ2) is 7.36. The summed E-state index contributed by atoms with van der Waals surface area (Å²) in [5.41, 5.74) is 1.23. The fraction of sp³-hybridized carbons (Fsp3) is 0.286. The molecule has 0 aliphatic rings. The molecule has 0 aliphatic carbocycles. The topological polar surface area (TPSA) is 37.8 Å². The third-order valence-electron chi connectivity index (χ3n) is 2.50. The lowest BCUT2D eigenvalue weighted by atomic mass is 10.2. The van der Waals surface area contributed by atoms with Crippen molar-refractivity contribution in [1.82, 2.24) is 9.97 Å². The number of thioether (sulfide) groups is 1. The molecule has 3 nitrogen and oxygen atoms in total. The van der Waals surface area contributed by atoms with Crippen LogP contribution in [0.5, 0.6) is 0 Å². The Morgan fingerprint density at radius 1 is 1.21 bits per heavy atom. The summed E-state index contributed by atoms with van der Waals surface area (Å²) in [6.07, 6.45) is 2.68. The Labute approximate surface area is 122 Å². The highest BCUT2D eigenvalue weighted by Gasteiger charge is 2.00. The van der Waals surface area contributed by atoms with Crippen LogP contribution in [0, 0.1) is 0 Å². The van der Waals surface area contributed by atoms with Gasteiger partial charge in [0.2, 0.25) is 0 Å². The van der Waals surface area contributed by atoms with E-state index >= 15 is 0 Å². The van der Waals surface area contributed by atoms with Crippen LogP contribution in [-0.4, -0.2) is 16.5 Å². The van der Waals surface area contributed by atoms with E-state index in [0.717, 1.165) is 34.6 Å². The van der Waals surface area contributed by atoms with Crippen molar-refractivity contribution in [3.05, 3.63) is 47.2 Å². The maximum atomic E-state index is 5.86. The molecular weight excluding hydrogens is 278 g/mol. The van der Waals surface area contributed by atoms with Crippen LogP contribution < -0.4 is 5.32 Å². The van der Waals surface area contributed by atoms with E-state index in [1.807, 2.05) is 30.3 Å². The maximum absolute atomic E-state index is 5.86. The van der Waals surface area contributed by atoms with Gasteiger partial charge in [-0.25, -0.2) is 9.97 Å². The van der Waals surface area contributed by atoms with Gasteiger partial charge in [-0.1, -0.05) is 30.7 Å². The first-order chi connectivity index (χ1) is 9.28. The summed E-state index contributed by atoms with van der Waals surface area (Å²) in [6, 6.07) is 9.87. The van der Waals surface area contributed by atoms with E-state index in [2.05, 4.69) is 22.2 Å². The number of hydrogen-bond donors (Lipinski definition) is 1. The number of rotatable bonds is 6. The molecule has 0 saturated carbocycles. The molecule has 0 spiro atoms. The van der Waals surface area contributed by atoms with E-state index in [1.54, 1.807) is 18.1 Å². The average molecular weight is 294 g/mol. The third-order valence-corrected chi connectivity index (χ3v) is 3.75. The fourth-order valence-corrected chi connectivity index (χ4v) is 2.46. The van der Waals surface area contributed by atoms with Gasteiger partial charge in [0, 0.05) is 23.4 Å². The minimum absolute atomic E-state index is 0.766. The number of hydrogen-bond acceptors (Lipinski definition) is 4. The second-order valence-electron chi connectivity index (χ2n) is 4.08. The highest BCUT2D eigenvalue weighted by molar-refractivity contribution is 7.98. The van der Waals surface area contributed by atoms with Crippen molar-refractivity contribution in [1.29, 1.82) is 0 Å². The molecule has 0 atom stereocenters. The molecule has 0 radical (unpaired) electrons. The Hall–Kier alpha value is -1.26. The van der Waals surface area contributed by atoms with E-state index < -0.39 is 0 Å². The maximum Gasteiger partial charge on any atom is 0.130 e. The normalized spacial score (nSPS) is 10.4. The molecule has 0 aliphatic heterocycles. The van der Waals surface area contributed by atoms with Gasteiger partial charge in [0.25, 0.3) is 0 Å². The van der Waals surface area contributed by atoms with Crippen molar-refractivity contribution in [2.75, 3.05) is 11.9 Å². The highest BCUT2D eigenvalue weighted by atomic mass is 35.5. The largest absolute Gasteiger partial charge is 0.370 e. The molecule has 0 fully saturated rings. The molecule has 1 aromatic carbocycles. The van der Waals surface area contributed by atoms with E-state index in [4.69, 9.17) is 11.6 Å². The van der Waals surface area contributed by atoms with Gasteiger partial charge in [0.15, 0.2) is 0 Å². The number of nitrogens with one attached hydrogen (secondary N) is 1. The zero-order valence-electron chi connectivity index (χ0n) is 10.8. The number of anilines is 1. The van der Waals surface area contributed by atoms with Crippen molar-refractivity contribution in [3.63, 3.8) is 0 Å². The summed E-state index contributed by atoms with van der Waals surface area (Å²) >= 11 is 7.56. The molecule has 0 saturated heterocycles. The Bertz CT molecular complexity index is 516. The summed E-state index contributed by atoms with van der Waals surface area (Å²) in [4.78, 5) is 8.46. The van der Waals surface area contributed by atoms with Gasteiger partial charge in [-0.3, -0.25) is 0 Å². The Morgan fingerprint density at radius 3 is 2.74 bits per heavy atom. The van der Waals surface area contributed by atoms with Crippen LogP contribution in [0.2, 0.25) is 5.02 Å². The number of nitrogens with zero attached hydrogens (tertiary/aromatic N) is 2. The third kappa shape index (κ3) is 4.73. The predicted octanol–water partition coefficient (Wildman–Crippen LogP) is 4.24. The zero-order chi connectivity index (χ0) is 13.5. The Kier molecular flexibility index (Phi) is 5.48. The molecule has 1 N–H and O–H groups in total. The Balaban J connectivity index is 1.93. The summed E-state index contributed by atoms with van der Waals surface area (Å²) in [5, 5.41) is 5.00. The van der Waals surface area contributed by atoms with E-state index in [-0.39, 0.29) is 0 Å². The average Bonchev–Trinajstić information content (AvgIpc) is 2.45. The lowest BCUT2D eigenvalue weighted by Gasteiger charge is -2.05. The van der Waals surface area contributed by atoms with Crippen molar-refractivity contribution in [2.24, 2.45) is 0 Å². The quantitative estimate of drug-likeness (QED) is 0.638. The van der Waals surface area contributed by atoms with Crippen LogP contribution in [-0.2, 0) is 5.75 Å². The minimum Gasteiger partial charge on any atom is -0.370 e. The van der Waals surface area contributed by atoms with Gasteiger partial charge in [-0.05, 0) is 24.1 Å². The van der Waals surface area contributed by atoms with Crippen LogP contribution in [0.25, 0.3) is 0 Å². The first-order valence-corrected chi connectivity index (χ1v) is 7.57. The van der Waals surface area contributed by atoms with Gasteiger partial charge in [-0.2, -0.15) is 0 Å². The summed E-state index contributed by atoms with van der Waals surface area (Å²) in [5.74, 6) is 1.76. The molecule has 0 bridgehead atoms. The summed E-state index contributed by atoms with van der Waals surface area (Å²) in [6.45, 7) is 3.06. The van der Waals surface area contributed by atoms with Crippen molar-refractivity contribution in [3.8, 4) is 0 Å². The molecule has 2 aromatic rings. The minimum atomic E-state index is 0.766. The first kappa shape index (κ1) is 14.2. The highest BCUT2D eigenvalue weighted by Crippen LogP contribution is 2.22. The second-order valence-corrected chi connectivity index (χ2v) is 5.52. The number of aromatic nitrogens is 2. The number of benzene rings is 1. The van der Waals surface area contributed by atoms with E-state index in [0.29, 0.717) is 0 Å². The van der Waals surface area contributed by atoms with Crippen molar-refractivity contribution >= 4 is 29.2 Å². The summed E-state index contributed by atoms with van der Waals surface area (Å²) in [7, 11) is 0. The lowest BCUT2D eigenvalue weighted by molar-refractivity contribution is 0.953. The first-order valence-electron chi connectivity index (χ1n) is 6.21. The Morgan fingerprint density at radius 2 is 2.00 bits per heavy atom. The van der Waals surface area contributed by atoms with Gasteiger partial charge in [0.1, 0.15) is 17.2 Å². The molecule has 1 heterocycles. The van der Waals surface area contributed by atoms with Crippen LogP contribution in [0.4, 0.5) is 5.82 Å². The summed E-state index contributed by atoms with van der Waals surface area (Å²) < 4.78 is 0. The molecule has 2 rings (SSSR count). The molecular formula is C14H16ClN3S. The van der Waals surface area contributed by atoms with Crippen LogP contribution in [0.1, 0.15) is 18.9 Å². The van der Waals surface area contributed by atoms with Crippen LogP contribution >= 0.6 is 23.4 Å². The van der Waals surface area contributed by atoms with Gasteiger partial charge < -0.3 is 5.32 Å². The molecule has 19 heavy (non-hydrogen) atoms. The van der Waals surface area contributed by atoms with Crippen LogP contribution in [0.3, 0.4) is 0 Å². The van der Waals surface area contributed by atoms with Gasteiger partial charge >= 0.3 is 0 Å². The monoisotopic (exact) mass is 293 g/mol. The SMILES string of the molecule is CCCNc1cc(SCc2ccc(Cl)cc2)ncn1. The van der Waals surface area contributed by atoms with E-state index in [9.17, 15) is 0 Å². The molecule has 0 unspecified atom stereocenters. The van der Waals surface area contributed by atoms with Gasteiger partial charge in [0.05, 0.1) is 0 Å². The molecule has 5 heteroatoms. The lowest BCUT2D eigenvalue weighted by Crippen LogP contribution is -2.02. The predicted molar refractivity (Wildman–Crippen MR) is 81.8 cm³/mol. The smallest absolute Gasteiger partial charge is 0.130 e. The van der Waals surface area contributed by atoms with Crippen molar-refractivity contribution < 1.29 is 0 Å². The zero-order valence-corrected chi connectivity index (χ0v) is 12.3. The molecule has 1 aromatic heterocycles. The molecule has 100 valence electrons. The standard InChI is InChI=1S/C14H16ClN3S/c1-2-7-16-13-8-14(18-10-17-13)19-9-11-3-5-12(15)6-4-11/h3-6,8,10H,2,7,9H2,1H3,(H,16,17,18). The van der Waals surface area contributed by atoms with E-state index in [1.165, 1.54) is 5.56 Å².